The Morgan fingerprint density at radius 2 is 1.33 bits per heavy atom. The van der Waals surface area contributed by atoms with Crippen LogP contribution in [-0.4, -0.2) is 7.05 Å². The fourth-order valence-electron chi connectivity index (χ4n) is 0. The van der Waals surface area contributed by atoms with Gasteiger partial charge in [-0.15, -0.1) is 13.2 Å². The van der Waals surface area contributed by atoms with Gasteiger partial charge < -0.3 is 5.73 Å². The van der Waals surface area contributed by atoms with Gasteiger partial charge in [0.2, 0.25) is 0 Å². The van der Waals surface area contributed by atoms with Crippen LogP contribution in [-0.2, 0) is 0 Å². The van der Waals surface area contributed by atoms with Gasteiger partial charge in [-0.3, -0.25) is 0 Å². The van der Waals surface area contributed by atoms with Gasteiger partial charge >= 0.3 is 0 Å². The first-order chi connectivity index (χ1) is 4.15. The van der Waals surface area contributed by atoms with E-state index in [1.807, 2.05) is 20.8 Å². The maximum atomic E-state index is 4.50. The predicted octanol–water partition coefficient (Wildman–Crippen LogP) is 2.35. The van der Waals surface area contributed by atoms with Crippen molar-refractivity contribution in [1.82, 2.24) is 0 Å². The lowest BCUT2D eigenvalue weighted by Crippen LogP contribution is -1.69. The number of rotatable bonds is 0. The van der Waals surface area contributed by atoms with Gasteiger partial charge in [-0.05, 0) is 27.8 Å². The lowest BCUT2D eigenvalue weighted by Gasteiger charge is -1.65. The molecule has 0 heterocycles. The van der Waals surface area contributed by atoms with E-state index in [0.29, 0.717) is 0 Å². The summed E-state index contributed by atoms with van der Waals surface area (Å²) in [6.45, 7) is 12.8. The van der Waals surface area contributed by atoms with E-state index in [1.165, 1.54) is 12.6 Å². The summed E-state index contributed by atoms with van der Waals surface area (Å²) in [7, 11) is 1.50. The molecule has 0 unspecified atom stereocenters. The van der Waals surface area contributed by atoms with Gasteiger partial charge in [0.05, 0.1) is 0 Å². The second kappa shape index (κ2) is 26.1. The largest absolute Gasteiger partial charge is 0.333 e. The van der Waals surface area contributed by atoms with Crippen molar-refractivity contribution in [3.05, 3.63) is 24.8 Å². The monoisotopic (exact) mass is 129 g/mol. The molecule has 0 rings (SSSR count). The Labute approximate surface area is 59.3 Å². The van der Waals surface area contributed by atoms with E-state index < -0.39 is 0 Å². The van der Waals surface area contributed by atoms with E-state index in [1.54, 1.807) is 6.08 Å². The molecule has 0 atom stereocenters. The second-order valence-corrected chi connectivity index (χ2v) is 1.62. The Bertz CT molecular complexity index is 51.6. The van der Waals surface area contributed by atoms with E-state index in [4.69, 9.17) is 0 Å². The molecule has 0 aromatic rings. The molecule has 2 N–H and O–H groups in total. The van der Waals surface area contributed by atoms with Gasteiger partial charge in [0.25, 0.3) is 0 Å². The van der Waals surface area contributed by atoms with Crippen molar-refractivity contribution >= 4 is 0 Å². The molecule has 9 heavy (non-hydrogen) atoms. The van der Waals surface area contributed by atoms with Crippen molar-refractivity contribution in [2.75, 3.05) is 7.05 Å². The fourth-order valence-corrected chi connectivity index (χ4v) is 0. The van der Waals surface area contributed by atoms with Crippen molar-refractivity contribution in [1.29, 1.82) is 0 Å². The third kappa shape index (κ3) is 702. The zero-order valence-corrected chi connectivity index (χ0v) is 7.07. The first kappa shape index (κ1) is 15.8. The van der Waals surface area contributed by atoms with Gasteiger partial charge in [-0.1, -0.05) is 11.6 Å². The number of allylic oxidation sites excluding steroid dienone is 2. The highest BCUT2D eigenvalue weighted by molar-refractivity contribution is 4.78. The van der Waals surface area contributed by atoms with Crippen LogP contribution in [0.25, 0.3) is 0 Å². The molecule has 1 heteroatoms. The van der Waals surface area contributed by atoms with Crippen molar-refractivity contribution < 1.29 is 0 Å². The van der Waals surface area contributed by atoms with Gasteiger partial charge in [0, 0.05) is 0 Å². The minimum absolute atomic E-state index is 1.17. The van der Waals surface area contributed by atoms with Gasteiger partial charge in [-0.2, -0.15) is 0 Å². The molecule has 0 aliphatic carbocycles. The molecular formula is C8H19N. The summed E-state index contributed by atoms with van der Waals surface area (Å²) in [5.74, 6) is 0. The minimum Gasteiger partial charge on any atom is -0.333 e. The maximum absolute atomic E-state index is 4.50. The van der Waals surface area contributed by atoms with Gasteiger partial charge in [-0.25, -0.2) is 0 Å². The van der Waals surface area contributed by atoms with Crippen molar-refractivity contribution in [2.45, 2.75) is 20.8 Å². The molecule has 0 aromatic heterocycles. The van der Waals surface area contributed by atoms with Crippen LogP contribution in [0.1, 0.15) is 20.8 Å². The summed E-state index contributed by atoms with van der Waals surface area (Å²) in [6, 6.07) is 0. The minimum atomic E-state index is 1.17. The third-order valence-electron chi connectivity index (χ3n) is 0. The summed E-state index contributed by atoms with van der Waals surface area (Å²) in [6.07, 6.45) is 1.75. The molecule has 1 nitrogen and oxygen atoms in total. The molecule has 0 saturated heterocycles. The van der Waals surface area contributed by atoms with E-state index in [0.717, 1.165) is 0 Å². The van der Waals surface area contributed by atoms with Crippen LogP contribution < -0.4 is 5.73 Å². The zero-order valence-electron chi connectivity index (χ0n) is 7.07. The molecule has 0 aromatic carbocycles. The first-order valence-corrected chi connectivity index (χ1v) is 2.92. The second-order valence-electron chi connectivity index (χ2n) is 1.62. The molecule has 0 amide bonds. The van der Waals surface area contributed by atoms with Gasteiger partial charge in [0.1, 0.15) is 0 Å². The summed E-state index contributed by atoms with van der Waals surface area (Å²) in [5.41, 5.74) is 5.67. The summed E-state index contributed by atoms with van der Waals surface area (Å²) in [4.78, 5) is 0. The zero-order chi connectivity index (χ0) is 8.28. The topological polar surface area (TPSA) is 26.0 Å². The molecule has 0 saturated carbocycles. The summed E-state index contributed by atoms with van der Waals surface area (Å²) < 4.78 is 0. The standard InChI is InChI=1S/C4H8.C3H6.CH5N/c1-4(2)3;1-3-2;1-2/h1H2,2-3H3;3H,1H2,2H3;2H2,1H3. The van der Waals surface area contributed by atoms with Crippen molar-refractivity contribution in [3.8, 4) is 0 Å². The SMILES string of the molecule is C=C(C)C.C=CC.CN. The number of hydrogen-bond acceptors (Lipinski definition) is 1. The van der Waals surface area contributed by atoms with Crippen LogP contribution in [0.4, 0.5) is 0 Å². The van der Waals surface area contributed by atoms with E-state index >= 15 is 0 Å². The summed E-state index contributed by atoms with van der Waals surface area (Å²) >= 11 is 0. The van der Waals surface area contributed by atoms with Crippen molar-refractivity contribution in [3.63, 3.8) is 0 Å². The highest BCUT2D eigenvalue weighted by Crippen LogP contribution is 1.73. The molecule has 0 spiro atoms. The molecule has 0 radical (unpaired) electrons. The Kier molecular flexibility index (Phi) is 45.7. The highest BCUT2D eigenvalue weighted by atomic mass is 14.4. The molecule has 0 aliphatic rings. The Hall–Kier alpha value is -0.560. The van der Waals surface area contributed by atoms with E-state index in [9.17, 15) is 0 Å². The van der Waals surface area contributed by atoms with Crippen LogP contribution in [0, 0.1) is 0 Å². The van der Waals surface area contributed by atoms with Gasteiger partial charge in [0.15, 0.2) is 0 Å². The smallest absolute Gasteiger partial charge is 0.0195 e. The van der Waals surface area contributed by atoms with E-state index in [-0.39, 0.29) is 0 Å². The van der Waals surface area contributed by atoms with Crippen LogP contribution in [0.5, 0.6) is 0 Å². The normalized spacial score (nSPS) is 5.00. The molecule has 56 valence electrons. The Balaban J connectivity index is -0.0000000646. The van der Waals surface area contributed by atoms with E-state index in [2.05, 4.69) is 18.9 Å². The third-order valence-corrected chi connectivity index (χ3v) is 0. The Morgan fingerprint density at radius 1 is 1.33 bits per heavy atom. The lowest BCUT2D eigenvalue weighted by atomic mass is 10.4. The number of nitrogens with two attached hydrogens (primary N) is 1. The molecular weight excluding hydrogens is 110 g/mol. The number of hydrogen-bond donors (Lipinski definition) is 1. The Morgan fingerprint density at radius 3 is 1.33 bits per heavy atom. The molecule has 0 bridgehead atoms. The average molecular weight is 129 g/mol. The summed E-state index contributed by atoms with van der Waals surface area (Å²) in [5, 5.41) is 0. The average Bonchev–Trinajstić information content (AvgIpc) is 1.71. The van der Waals surface area contributed by atoms with Crippen LogP contribution in [0.15, 0.2) is 24.8 Å². The van der Waals surface area contributed by atoms with Crippen molar-refractivity contribution in [2.24, 2.45) is 5.73 Å². The predicted molar refractivity (Wildman–Crippen MR) is 46.5 cm³/mol. The molecule has 0 aliphatic heterocycles. The first-order valence-electron chi connectivity index (χ1n) is 2.92. The van der Waals surface area contributed by atoms with Crippen LogP contribution >= 0.6 is 0 Å². The maximum Gasteiger partial charge on any atom is -0.0195 e. The lowest BCUT2D eigenvalue weighted by molar-refractivity contribution is 1.42. The van der Waals surface area contributed by atoms with Crippen LogP contribution in [0.3, 0.4) is 0 Å². The van der Waals surface area contributed by atoms with Crippen LogP contribution in [0.2, 0.25) is 0 Å². The molecule has 0 fully saturated rings. The quantitative estimate of drug-likeness (QED) is 0.499. The highest BCUT2D eigenvalue weighted by Gasteiger charge is 1.51. The fraction of sp³-hybridized carbons (Fsp3) is 0.500.